The quantitative estimate of drug-likeness (QED) is 0.842. The van der Waals surface area contributed by atoms with Gasteiger partial charge in [0.25, 0.3) is 0 Å². The summed E-state index contributed by atoms with van der Waals surface area (Å²) in [6, 6.07) is 1.87. The molecule has 0 saturated carbocycles. The van der Waals surface area contributed by atoms with Crippen LogP contribution in [-0.4, -0.2) is 17.6 Å². The maximum atomic E-state index is 5.98. The first-order valence-corrected chi connectivity index (χ1v) is 5.70. The van der Waals surface area contributed by atoms with E-state index >= 15 is 0 Å². The summed E-state index contributed by atoms with van der Waals surface area (Å²) in [5, 5.41) is 4.26. The number of nitrogens with one attached hydrogen (secondary N) is 1. The van der Waals surface area contributed by atoms with E-state index in [0.29, 0.717) is 22.4 Å². The van der Waals surface area contributed by atoms with Crippen molar-refractivity contribution in [2.45, 2.75) is 25.8 Å². The average Bonchev–Trinajstić information content (AvgIpc) is 2.21. The Labute approximate surface area is 100.0 Å². The first-order chi connectivity index (χ1) is 7.17. The van der Waals surface area contributed by atoms with E-state index in [1.54, 1.807) is 12.3 Å². The summed E-state index contributed by atoms with van der Waals surface area (Å²) in [4.78, 5) is 4.12. The van der Waals surface area contributed by atoms with Gasteiger partial charge in [-0.05, 0) is 12.5 Å². The number of aromatic nitrogens is 1. The molecule has 0 fully saturated rings. The lowest BCUT2D eigenvalue weighted by atomic mass is 10.1. The van der Waals surface area contributed by atoms with Crippen LogP contribution in [0.4, 0.5) is 5.82 Å². The average molecular weight is 248 g/mol. The fourth-order valence-corrected chi connectivity index (χ4v) is 1.75. The molecular formula is C10H15Cl2N3. The van der Waals surface area contributed by atoms with Gasteiger partial charge in [-0.3, -0.25) is 0 Å². The standard InChI is InChI=1S/C10H15Cl2N3/c1-2-3-8(5-13)15-10-9(12)4-7(11)6-14-10/h4,6,8H,2-3,5,13H2,1H3,(H,14,15). The monoisotopic (exact) mass is 247 g/mol. The second-order valence-electron chi connectivity index (χ2n) is 3.35. The van der Waals surface area contributed by atoms with Crippen molar-refractivity contribution < 1.29 is 0 Å². The molecule has 1 aromatic heterocycles. The zero-order chi connectivity index (χ0) is 11.3. The predicted octanol–water partition coefficient (Wildman–Crippen LogP) is 2.93. The highest BCUT2D eigenvalue weighted by molar-refractivity contribution is 6.35. The molecule has 0 aromatic carbocycles. The van der Waals surface area contributed by atoms with Crippen LogP contribution in [0.5, 0.6) is 0 Å². The van der Waals surface area contributed by atoms with Crippen LogP contribution in [0.15, 0.2) is 12.3 Å². The van der Waals surface area contributed by atoms with Gasteiger partial charge >= 0.3 is 0 Å². The van der Waals surface area contributed by atoms with Crippen molar-refractivity contribution >= 4 is 29.0 Å². The van der Waals surface area contributed by atoms with Crippen molar-refractivity contribution in [3.63, 3.8) is 0 Å². The molecule has 1 rings (SSSR count). The minimum atomic E-state index is 0.209. The molecule has 0 bridgehead atoms. The highest BCUT2D eigenvalue weighted by Crippen LogP contribution is 2.23. The van der Waals surface area contributed by atoms with Crippen LogP contribution in [0.1, 0.15) is 19.8 Å². The molecule has 1 aromatic rings. The van der Waals surface area contributed by atoms with Gasteiger partial charge in [-0.25, -0.2) is 4.98 Å². The largest absolute Gasteiger partial charge is 0.365 e. The van der Waals surface area contributed by atoms with E-state index in [4.69, 9.17) is 28.9 Å². The molecule has 0 aliphatic heterocycles. The van der Waals surface area contributed by atoms with E-state index in [2.05, 4.69) is 17.2 Å². The summed E-state index contributed by atoms with van der Waals surface area (Å²) < 4.78 is 0. The third-order valence-electron chi connectivity index (χ3n) is 2.07. The molecular weight excluding hydrogens is 233 g/mol. The van der Waals surface area contributed by atoms with Crippen molar-refractivity contribution in [1.82, 2.24) is 4.98 Å². The summed E-state index contributed by atoms with van der Waals surface area (Å²) >= 11 is 11.7. The normalized spacial score (nSPS) is 12.5. The van der Waals surface area contributed by atoms with E-state index in [1.807, 2.05) is 0 Å². The van der Waals surface area contributed by atoms with Gasteiger partial charge in [0.1, 0.15) is 5.82 Å². The Hall–Kier alpha value is -0.510. The fourth-order valence-electron chi connectivity index (χ4n) is 1.31. The molecule has 1 atom stereocenters. The number of nitrogens with two attached hydrogens (primary N) is 1. The van der Waals surface area contributed by atoms with E-state index in [-0.39, 0.29) is 6.04 Å². The van der Waals surface area contributed by atoms with Gasteiger partial charge in [-0.15, -0.1) is 0 Å². The lowest BCUT2D eigenvalue weighted by molar-refractivity contribution is 0.646. The summed E-state index contributed by atoms with van der Waals surface area (Å²) in [5.41, 5.74) is 5.63. The third-order valence-corrected chi connectivity index (χ3v) is 2.57. The summed E-state index contributed by atoms with van der Waals surface area (Å²) in [6.45, 7) is 2.68. The van der Waals surface area contributed by atoms with E-state index in [1.165, 1.54) is 0 Å². The SMILES string of the molecule is CCCC(CN)Nc1ncc(Cl)cc1Cl. The van der Waals surface area contributed by atoms with E-state index in [0.717, 1.165) is 12.8 Å². The molecule has 3 nitrogen and oxygen atoms in total. The number of hydrogen-bond donors (Lipinski definition) is 2. The maximum Gasteiger partial charge on any atom is 0.145 e. The molecule has 84 valence electrons. The maximum absolute atomic E-state index is 5.98. The molecule has 15 heavy (non-hydrogen) atoms. The summed E-state index contributed by atoms with van der Waals surface area (Å²) in [6.07, 6.45) is 3.63. The Balaban J connectivity index is 2.70. The van der Waals surface area contributed by atoms with E-state index < -0.39 is 0 Å². The minimum absolute atomic E-state index is 0.209. The minimum Gasteiger partial charge on any atom is -0.365 e. The van der Waals surface area contributed by atoms with Gasteiger partial charge < -0.3 is 11.1 Å². The first-order valence-electron chi connectivity index (χ1n) is 4.95. The number of halogens is 2. The molecule has 0 amide bonds. The van der Waals surface area contributed by atoms with Gasteiger partial charge in [0.05, 0.1) is 10.0 Å². The molecule has 3 N–H and O–H groups in total. The van der Waals surface area contributed by atoms with Gasteiger partial charge in [-0.1, -0.05) is 36.5 Å². The fraction of sp³-hybridized carbons (Fsp3) is 0.500. The Morgan fingerprint density at radius 3 is 2.80 bits per heavy atom. The van der Waals surface area contributed by atoms with E-state index in [9.17, 15) is 0 Å². The third kappa shape index (κ3) is 3.86. The van der Waals surface area contributed by atoms with Gasteiger partial charge in [0.15, 0.2) is 0 Å². The zero-order valence-electron chi connectivity index (χ0n) is 8.63. The summed E-state index contributed by atoms with van der Waals surface area (Å²) in [5.74, 6) is 0.643. The predicted molar refractivity (Wildman–Crippen MR) is 65.6 cm³/mol. The van der Waals surface area contributed by atoms with Crippen LogP contribution in [0, 0.1) is 0 Å². The van der Waals surface area contributed by atoms with Crippen molar-refractivity contribution in [2.75, 3.05) is 11.9 Å². The second kappa shape index (κ2) is 6.16. The number of nitrogens with zero attached hydrogens (tertiary/aromatic N) is 1. The Bertz CT molecular complexity index is 318. The van der Waals surface area contributed by atoms with Crippen LogP contribution in [0.2, 0.25) is 10.0 Å². The van der Waals surface area contributed by atoms with Crippen LogP contribution in [-0.2, 0) is 0 Å². The molecule has 0 radical (unpaired) electrons. The molecule has 5 heteroatoms. The van der Waals surface area contributed by atoms with Crippen LogP contribution >= 0.6 is 23.2 Å². The van der Waals surface area contributed by atoms with Crippen LogP contribution < -0.4 is 11.1 Å². The Kier molecular flexibility index (Phi) is 5.15. The van der Waals surface area contributed by atoms with Crippen LogP contribution in [0.3, 0.4) is 0 Å². The molecule has 0 aliphatic carbocycles. The topological polar surface area (TPSA) is 50.9 Å². The lowest BCUT2D eigenvalue weighted by Crippen LogP contribution is -2.29. The second-order valence-corrected chi connectivity index (χ2v) is 4.19. The van der Waals surface area contributed by atoms with Crippen molar-refractivity contribution in [2.24, 2.45) is 5.73 Å². The molecule has 1 unspecified atom stereocenters. The van der Waals surface area contributed by atoms with Gasteiger partial charge in [-0.2, -0.15) is 0 Å². The van der Waals surface area contributed by atoms with Crippen LogP contribution in [0.25, 0.3) is 0 Å². The number of hydrogen-bond acceptors (Lipinski definition) is 3. The molecule has 0 spiro atoms. The van der Waals surface area contributed by atoms with Gasteiger partial charge in [0.2, 0.25) is 0 Å². The van der Waals surface area contributed by atoms with Gasteiger partial charge in [0, 0.05) is 18.8 Å². The number of rotatable bonds is 5. The van der Waals surface area contributed by atoms with Crippen molar-refractivity contribution in [1.29, 1.82) is 0 Å². The first kappa shape index (κ1) is 12.6. The smallest absolute Gasteiger partial charge is 0.145 e. The zero-order valence-corrected chi connectivity index (χ0v) is 10.1. The number of pyridine rings is 1. The molecule has 0 aliphatic rings. The Morgan fingerprint density at radius 2 is 2.27 bits per heavy atom. The molecule has 1 heterocycles. The lowest BCUT2D eigenvalue weighted by Gasteiger charge is -2.17. The Morgan fingerprint density at radius 1 is 1.53 bits per heavy atom. The summed E-state index contributed by atoms with van der Waals surface area (Å²) in [7, 11) is 0. The highest BCUT2D eigenvalue weighted by atomic mass is 35.5. The van der Waals surface area contributed by atoms with Crippen molar-refractivity contribution in [3.05, 3.63) is 22.3 Å². The molecule has 0 saturated heterocycles. The highest BCUT2D eigenvalue weighted by Gasteiger charge is 2.08. The number of anilines is 1. The van der Waals surface area contributed by atoms with Crippen molar-refractivity contribution in [3.8, 4) is 0 Å².